The molecule has 1 N–H and O–H groups in total. The molecule has 1 heterocycles. The third-order valence-corrected chi connectivity index (χ3v) is 1.90. The predicted octanol–water partition coefficient (Wildman–Crippen LogP) is 1.79. The van der Waals surface area contributed by atoms with E-state index in [2.05, 4.69) is 0 Å². The molecule has 1 aromatic carbocycles. The first kappa shape index (κ1) is 5.57. The van der Waals surface area contributed by atoms with Crippen molar-refractivity contribution in [1.82, 2.24) is 5.31 Å². The number of cyclic esters (lactones) is 1. The van der Waals surface area contributed by atoms with Gasteiger partial charge >= 0.3 is 6.09 Å². The highest BCUT2D eigenvalue weighted by Crippen LogP contribution is 2.16. The van der Waals surface area contributed by atoms with Crippen LogP contribution >= 0.6 is 0 Å². The summed E-state index contributed by atoms with van der Waals surface area (Å²) >= 11 is 0. The van der Waals surface area contributed by atoms with Crippen LogP contribution in [0.3, 0.4) is 0 Å². The van der Waals surface area contributed by atoms with Crippen LogP contribution in [-0.4, -0.2) is 25.3 Å². The molecule has 86 valence electrons. The summed E-state index contributed by atoms with van der Waals surface area (Å²) in [6.45, 7) is 0.210. The number of carbonyl (C=O) groups excluding carboxylic acids is 1. The highest BCUT2D eigenvalue weighted by Gasteiger charge is 2.22. The topological polar surface area (TPSA) is 47.6 Å². The molecule has 1 saturated heterocycles. The molecule has 1 aromatic rings. The van der Waals surface area contributed by atoms with Gasteiger partial charge in [0, 0.05) is 0 Å². The average molecular weight is 227 g/mol. The maximum Gasteiger partial charge on any atom is 0.407 e. The first-order valence-electron chi connectivity index (χ1n) is 7.74. The fourth-order valence-corrected chi connectivity index (χ4v) is 1.31. The van der Waals surface area contributed by atoms with E-state index in [1.807, 2.05) is 0 Å². The molecule has 0 spiro atoms. The summed E-state index contributed by atoms with van der Waals surface area (Å²) < 4.78 is 56.5. The van der Waals surface area contributed by atoms with Crippen molar-refractivity contribution in [2.24, 2.45) is 0 Å². The number of alkyl carbamates (subject to hydrolysis) is 1. The summed E-state index contributed by atoms with van der Waals surface area (Å²) in [5, 5.41) is 0.471. The Morgan fingerprint density at radius 1 is 1.62 bits per heavy atom. The van der Waals surface area contributed by atoms with Gasteiger partial charge in [-0.1, -0.05) is 6.04 Å². The van der Waals surface area contributed by atoms with Gasteiger partial charge in [-0.3, -0.25) is 0 Å². The summed E-state index contributed by atoms with van der Waals surface area (Å²) in [7, 11) is 0. The maximum absolute atomic E-state index is 11.2. The second kappa shape index (κ2) is 4.43. The Morgan fingerprint density at radius 3 is 2.88 bits per heavy atom. The fraction of sp³-hybridized carbons (Fsp3) is 0.417. The van der Waals surface area contributed by atoms with Crippen molar-refractivity contribution in [3.8, 4) is 5.75 Å². The van der Waals surface area contributed by atoms with E-state index >= 15 is 0 Å². The van der Waals surface area contributed by atoms with Gasteiger partial charge < -0.3 is 14.8 Å². The Balaban J connectivity index is 2.36. The largest absolute Gasteiger partial charge is 0.490 e. The van der Waals surface area contributed by atoms with Crippen LogP contribution in [-0.2, 0) is 4.74 Å². The lowest BCUT2D eigenvalue weighted by Gasteiger charge is -2.11. The van der Waals surface area contributed by atoms with Gasteiger partial charge in [0.15, 0.2) is 7.52 Å². The minimum atomic E-state index is -2.50. The number of ether oxygens (including phenoxy) is 2. The summed E-state index contributed by atoms with van der Waals surface area (Å²) in [6, 6.07) is -0.472. The zero-order valence-corrected chi connectivity index (χ0v) is 8.96. The molecule has 1 fully saturated rings. The quantitative estimate of drug-likeness (QED) is 0.856. The van der Waals surface area contributed by atoms with Crippen LogP contribution in [0.5, 0.6) is 5.75 Å². The fourth-order valence-electron chi connectivity index (χ4n) is 1.31. The average Bonchev–Trinajstić information content (AvgIpc) is 2.80. The molecule has 2 rings (SSSR count). The molecule has 0 radical (unpaired) electrons. The van der Waals surface area contributed by atoms with Gasteiger partial charge in [-0.05, 0) is 37.1 Å². The summed E-state index contributed by atoms with van der Waals surface area (Å²) in [4.78, 5) is 11.2. The van der Waals surface area contributed by atoms with Gasteiger partial charge in [-0.2, -0.15) is 0 Å². The first-order chi connectivity index (χ1) is 10.1. The molecule has 0 aromatic heterocycles. The second-order valence-electron chi connectivity index (χ2n) is 3.39. The third kappa shape index (κ3) is 2.66. The van der Waals surface area contributed by atoms with Crippen molar-refractivity contribution < 1.29 is 22.5 Å². The Morgan fingerprint density at radius 2 is 2.31 bits per heavy atom. The molecule has 1 aliphatic rings. The normalized spacial score (nSPS) is 26.0. The van der Waals surface area contributed by atoms with Crippen molar-refractivity contribution >= 4 is 6.09 Å². The molecule has 1 atom stereocenters. The van der Waals surface area contributed by atoms with Crippen LogP contribution < -0.4 is 10.0 Å². The van der Waals surface area contributed by atoms with Gasteiger partial charge in [0.05, 0.1) is 13.4 Å². The molecule has 1 aliphatic heterocycles. The number of carbonyl (C=O) groups is 1. The number of rotatable bonds is 3. The van der Waals surface area contributed by atoms with E-state index in [1.165, 1.54) is 13.8 Å². The van der Waals surface area contributed by atoms with Crippen molar-refractivity contribution in [3.05, 3.63) is 29.3 Å². The molecule has 16 heavy (non-hydrogen) atoms. The first-order valence-corrected chi connectivity index (χ1v) is 4.79. The molecule has 0 saturated carbocycles. The molecular weight excluding hydrogens is 206 g/mol. The summed E-state index contributed by atoms with van der Waals surface area (Å²) in [5.74, 6) is -0.310. The van der Waals surface area contributed by atoms with Crippen molar-refractivity contribution in [2.75, 3.05) is 13.1 Å². The number of hydrogen-bond acceptors (Lipinski definition) is 3. The Hall–Kier alpha value is -1.71. The van der Waals surface area contributed by atoms with Crippen molar-refractivity contribution in [1.29, 1.82) is 0 Å². The highest BCUT2D eigenvalue weighted by atomic mass is 16.6. The van der Waals surface area contributed by atoms with Gasteiger partial charge in [0.25, 0.3) is 0 Å². The minimum absolute atomic E-state index is 0.0348. The predicted molar refractivity (Wildman–Crippen MR) is 59.7 cm³/mol. The molecule has 4 heteroatoms. The van der Waals surface area contributed by atoms with Crippen molar-refractivity contribution in [2.45, 2.75) is 20.0 Å². The van der Waals surface area contributed by atoms with Gasteiger partial charge in [-0.25, -0.2) is 4.79 Å². The van der Waals surface area contributed by atoms with Crippen LogP contribution in [0, 0.1) is 13.8 Å². The van der Waals surface area contributed by atoms with E-state index in [1.54, 1.807) is 0 Å². The molecule has 1 amide bonds. The standard InChI is InChI=1S/C12H15NO3/c1-8-3-9(2)5-10(4-8)15-7-11-6-13-12(14)16-11/h3-5,11H,6-7H2,1-2H3,(H,13,14)/i3D,4D,5D,7D2/hD. The monoisotopic (exact) mass is 227 g/mol. The van der Waals surface area contributed by atoms with Gasteiger partial charge in [0.2, 0.25) is 0 Å². The van der Waals surface area contributed by atoms with Crippen LogP contribution in [0.1, 0.15) is 18.0 Å². The number of benzene rings is 1. The zero-order valence-electron chi connectivity index (χ0n) is 15.0. The summed E-state index contributed by atoms with van der Waals surface area (Å²) in [6.07, 6.45) is -2.32. The van der Waals surface area contributed by atoms with Crippen LogP contribution in [0.25, 0.3) is 0 Å². The second-order valence-corrected chi connectivity index (χ2v) is 3.39. The van der Waals surface area contributed by atoms with Gasteiger partial charge in [-0.15, -0.1) is 0 Å². The van der Waals surface area contributed by atoms with E-state index in [0.717, 1.165) is 0 Å². The van der Waals surface area contributed by atoms with E-state index in [4.69, 9.17) is 17.7 Å². The Labute approximate surface area is 103 Å². The number of amides is 1. The third-order valence-electron chi connectivity index (χ3n) is 1.90. The van der Waals surface area contributed by atoms with E-state index in [0.29, 0.717) is 5.31 Å². The smallest absolute Gasteiger partial charge is 0.407 e. The molecule has 0 bridgehead atoms. The number of nitrogens with one attached hydrogen (secondary N) is 1. The van der Waals surface area contributed by atoms with Gasteiger partial charge in [0.1, 0.15) is 12.3 Å². The number of hydrogen-bond donors (Lipinski definition) is 1. The molecule has 4 nitrogen and oxygen atoms in total. The van der Waals surface area contributed by atoms with Crippen LogP contribution in [0.4, 0.5) is 4.79 Å². The van der Waals surface area contributed by atoms with Crippen molar-refractivity contribution in [3.63, 3.8) is 0 Å². The maximum atomic E-state index is 11.2. The minimum Gasteiger partial charge on any atom is -0.490 e. The lowest BCUT2D eigenvalue weighted by Crippen LogP contribution is -2.21. The SMILES string of the molecule is [2H]c1c(C)c([2H])c(OC([2H])([2H])C2CN([2H])C(=O)O2)c([2H])c1C. The van der Waals surface area contributed by atoms with E-state index in [9.17, 15) is 4.79 Å². The van der Waals surface area contributed by atoms with E-state index < -0.39 is 18.8 Å². The Bertz CT molecular complexity index is 607. The summed E-state index contributed by atoms with van der Waals surface area (Å²) in [5.41, 5.74) is 0.537. The van der Waals surface area contributed by atoms with Crippen LogP contribution in [0.15, 0.2) is 18.1 Å². The lowest BCUT2D eigenvalue weighted by molar-refractivity contribution is 0.105. The van der Waals surface area contributed by atoms with E-state index in [-0.39, 0.29) is 41.5 Å². The lowest BCUT2D eigenvalue weighted by atomic mass is 10.1. The molecular formula is C12H15NO3. The Kier molecular flexibility index (Phi) is 1.54. The highest BCUT2D eigenvalue weighted by molar-refractivity contribution is 5.69. The zero-order chi connectivity index (χ0) is 16.8. The molecule has 0 aliphatic carbocycles. The molecule has 1 unspecified atom stereocenters. The van der Waals surface area contributed by atoms with Crippen LogP contribution in [0.2, 0.25) is 1.41 Å².